The van der Waals surface area contributed by atoms with E-state index in [2.05, 4.69) is 31.1 Å². The number of hydrogen-bond donors (Lipinski definition) is 3. The van der Waals surface area contributed by atoms with Crippen LogP contribution in [0.2, 0.25) is 0 Å². The topological polar surface area (TPSA) is 126 Å². The first-order valence-corrected chi connectivity index (χ1v) is 12.4. The first-order chi connectivity index (χ1) is 15.9. The molecule has 1 aliphatic carbocycles. The summed E-state index contributed by atoms with van der Waals surface area (Å²) in [6.07, 6.45) is 5.30. The third kappa shape index (κ3) is 5.21. The number of nitrogens with zero attached hydrogens (tertiary/aromatic N) is 4. The number of fused-ring (bicyclic) bond motifs is 2. The van der Waals surface area contributed by atoms with Crippen molar-refractivity contribution in [2.24, 2.45) is 11.8 Å². The van der Waals surface area contributed by atoms with Gasteiger partial charge in [0, 0.05) is 29.6 Å². The molecule has 1 unspecified atom stereocenters. The summed E-state index contributed by atoms with van der Waals surface area (Å²) in [5.41, 5.74) is 5.33. The van der Waals surface area contributed by atoms with Crippen molar-refractivity contribution in [1.82, 2.24) is 25.3 Å². The normalized spacial score (nSPS) is 20.8. The van der Waals surface area contributed by atoms with E-state index >= 15 is 0 Å². The third-order valence-corrected chi connectivity index (χ3v) is 7.78. The molecule has 1 saturated carbocycles. The molecule has 174 valence electrons. The second-order valence-electron chi connectivity index (χ2n) is 8.30. The molecule has 0 aromatic carbocycles. The molecule has 4 N–H and O–H groups in total. The number of rotatable bonds is 5. The van der Waals surface area contributed by atoms with Gasteiger partial charge in [-0.3, -0.25) is 15.0 Å². The van der Waals surface area contributed by atoms with Gasteiger partial charge in [-0.15, -0.1) is 22.7 Å². The van der Waals surface area contributed by atoms with Crippen molar-refractivity contribution >= 4 is 45.9 Å². The number of amides is 2. The summed E-state index contributed by atoms with van der Waals surface area (Å²) in [5.74, 6) is 5.77. The zero-order valence-electron chi connectivity index (χ0n) is 18.7. The molecule has 2 saturated heterocycles. The lowest BCUT2D eigenvalue weighted by atomic mass is 9.74. The molecule has 9 nitrogen and oxygen atoms in total. The summed E-state index contributed by atoms with van der Waals surface area (Å²) < 4.78 is 0. The molecular formula is C22H27N7O2S2. The number of pyridine rings is 1. The quantitative estimate of drug-likeness (QED) is 0.219. The van der Waals surface area contributed by atoms with E-state index in [4.69, 9.17) is 5.84 Å². The molecule has 2 bridgehead atoms. The Hall–Kier alpha value is -2.89. The minimum Gasteiger partial charge on any atom is -0.339 e. The van der Waals surface area contributed by atoms with Gasteiger partial charge in [0.1, 0.15) is 5.82 Å². The van der Waals surface area contributed by atoms with Gasteiger partial charge in [-0.25, -0.2) is 20.8 Å². The Morgan fingerprint density at radius 2 is 1.94 bits per heavy atom. The maximum atomic E-state index is 11.2. The van der Waals surface area contributed by atoms with Gasteiger partial charge >= 0.3 is 0 Å². The number of piperidine rings is 1. The van der Waals surface area contributed by atoms with Crippen LogP contribution in [0.25, 0.3) is 10.6 Å². The van der Waals surface area contributed by atoms with Crippen LogP contribution in [0.15, 0.2) is 23.7 Å². The Balaban J connectivity index is 0.000000172. The monoisotopic (exact) mass is 485 g/mol. The number of aryl methyl sites for hydroxylation is 3. The van der Waals surface area contributed by atoms with Crippen LogP contribution in [-0.4, -0.2) is 44.3 Å². The highest BCUT2D eigenvalue weighted by molar-refractivity contribution is 7.16. The van der Waals surface area contributed by atoms with Crippen LogP contribution in [0.4, 0.5) is 10.9 Å². The van der Waals surface area contributed by atoms with Gasteiger partial charge in [-0.05, 0) is 51.7 Å². The smallest absolute Gasteiger partial charge is 0.237 e. The van der Waals surface area contributed by atoms with Crippen LogP contribution in [-0.2, 0) is 9.59 Å². The Morgan fingerprint density at radius 3 is 2.52 bits per heavy atom. The standard InChI is InChI=1S/C14H14N4S2.C8H13N3O2/c1-8-4-5-12(15-6-8)18-14-17-11(7-19-14)13-9(2)16-10(3)20-13;9-10-8(13)5-1-6-3-7(2-5)11(6)4-12/h4-7H,1-3H3,(H,15,17,18);4-7H,1-3,9H2,(H,10,13)/t;5?,6-,7+. The summed E-state index contributed by atoms with van der Waals surface area (Å²) in [5, 5.41) is 7.20. The first-order valence-electron chi connectivity index (χ1n) is 10.7. The van der Waals surface area contributed by atoms with Crippen LogP contribution < -0.4 is 16.6 Å². The van der Waals surface area contributed by atoms with E-state index in [9.17, 15) is 9.59 Å². The van der Waals surface area contributed by atoms with E-state index in [-0.39, 0.29) is 23.9 Å². The van der Waals surface area contributed by atoms with Crippen molar-refractivity contribution in [2.75, 3.05) is 5.32 Å². The zero-order chi connectivity index (χ0) is 23.5. The number of aromatic nitrogens is 3. The average Bonchev–Trinajstić information content (AvgIpc) is 3.40. The molecule has 33 heavy (non-hydrogen) atoms. The molecule has 3 aromatic heterocycles. The van der Waals surface area contributed by atoms with Crippen LogP contribution in [0, 0.1) is 26.7 Å². The van der Waals surface area contributed by atoms with Crippen molar-refractivity contribution in [2.45, 2.75) is 52.1 Å². The average molecular weight is 486 g/mol. The summed E-state index contributed by atoms with van der Waals surface area (Å²) in [7, 11) is 0. The zero-order valence-corrected chi connectivity index (χ0v) is 20.4. The molecule has 2 aliphatic heterocycles. The van der Waals surface area contributed by atoms with Crippen molar-refractivity contribution in [1.29, 1.82) is 0 Å². The maximum Gasteiger partial charge on any atom is 0.237 e. The van der Waals surface area contributed by atoms with E-state index in [0.717, 1.165) is 63.5 Å². The third-order valence-electron chi connectivity index (χ3n) is 5.92. The van der Waals surface area contributed by atoms with E-state index in [0.29, 0.717) is 0 Å². The van der Waals surface area contributed by atoms with Gasteiger partial charge < -0.3 is 10.2 Å². The molecule has 3 atom stereocenters. The lowest BCUT2D eigenvalue weighted by Crippen LogP contribution is -2.61. The van der Waals surface area contributed by atoms with Gasteiger partial charge in [0.2, 0.25) is 12.3 Å². The van der Waals surface area contributed by atoms with E-state index < -0.39 is 0 Å². The molecule has 2 amide bonds. The minimum absolute atomic E-state index is 0.00458. The molecule has 6 rings (SSSR count). The predicted octanol–water partition coefficient (Wildman–Crippen LogP) is 3.32. The van der Waals surface area contributed by atoms with Gasteiger partial charge in [-0.1, -0.05) is 6.07 Å². The number of nitrogens with one attached hydrogen (secondary N) is 2. The van der Waals surface area contributed by atoms with Gasteiger partial charge in [0.15, 0.2) is 5.13 Å². The molecule has 0 radical (unpaired) electrons. The number of carbonyl (C=O) groups is 2. The predicted molar refractivity (Wildman–Crippen MR) is 130 cm³/mol. The molecular weight excluding hydrogens is 458 g/mol. The number of thiazole rings is 2. The fourth-order valence-electron chi connectivity index (χ4n) is 4.27. The van der Waals surface area contributed by atoms with Crippen molar-refractivity contribution < 1.29 is 9.59 Å². The van der Waals surface area contributed by atoms with Crippen LogP contribution in [0.1, 0.15) is 35.5 Å². The molecule has 11 heteroatoms. The first kappa shape index (κ1) is 23.3. The molecule has 3 fully saturated rings. The summed E-state index contributed by atoms with van der Waals surface area (Å²) in [6, 6.07) is 4.54. The maximum absolute atomic E-state index is 11.2. The summed E-state index contributed by atoms with van der Waals surface area (Å²) in [4.78, 5) is 38.1. The lowest BCUT2D eigenvalue weighted by Gasteiger charge is -2.53. The fourth-order valence-corrected chi connectivity index (χ4v) is 5.93. The number of carbonyl (C=O) groups excluding carboxylic acids is 2. The number of hydrogen-bond acceptors (Lipinski definition) is 9. The van der Waals surface area contributed by atoms with E-state index in [1.165, 1.54) is 0 Å². The molecule has 3 aliphatic rings. The Bertz CT molecular complexity index is 1120. The number of hydrazine groups is 1. The Morgan fingerprint density at radius 1 is 1.18 bits per heavy atom. The second kappa shape index (κ2) is 9.94. The highest BCUT2D eigenvalue weighted by Gasteiger charge is 2.46. The van der Waals surface area contributed by atoms with Gasteiger partial charge in [0.05, 0.1) is 21.3 Å². The fraction of sp³-hybridized carbons (Fsp3) is 0.409. The minimum atomic E-state index is -0.0970. The molecule has 3 aromatic rings. The highest BCUT2D eigenvalue weighted by atomic mass is 32.1. The summed E-state index contributed by atoms with van der Waals surface area (Å²) >= 11 is 3.26. The lowest BCUT2D eigenvalue weighted by molar-refractivity contribution is -0.144. The Kier molecular flexibility index (Phi) is 7.01. The largest absolute Gasteiger partial charge is 0.339 e. The number of nitrogens with two attached hydrogens (primary N) is 1. The van der Waals surface area contributed by atoms with Crippen LogP contribution in [0.5, 0.6) is 0 Å². The van der Waals surface area contributed by atoms with Crippen molar-refractivity contribution in [3.05, 3.63) is 40.0 Å². The van der Waals surface area contributed by atoms with Gasteiger partial charge in [0.25, 0.3) is 0 Å². The number of anilines is 2. The van der Waals surface area contributed by atoms with Crippen molar-refractivity contribution in [3.8, 4) is 10.6 Å². The molecule has 0 spiro atoms. The Labute approximate surface area is 200 Å². The van der Waals surface area contributed by atoms with Crippen LogP contribution >= 0.6 is 22.7 Å². The summed E-state index contributed by atoms with van der Waals surface area (Å²) in [6.45, 7) is 6.06. The second-order valence-corrected chi connectivity index (χ2v) is 10.4. The highest BCUT2D eigenvalue weighted by Crippen LogP contribution is 2.40. The van der Waals surface area contributed by atoms with Crippen LogP contribution in [0.3, 0.4) is 0 Å². The van der Waals surface area contributed by atoms with Gasteiger partial charge in [-0.2, -0.15) is 0 Å². The SMILES string of the molecule is Cc1ccc(Nc2nc(-c3sc(C)nc3C)cs2)nc1.NNC(=O)C1C[C@@H]2C[C@H](C1)N2C=O. The van der Waals surface area contributed by atoms with E-state index in [1.807, 2.05) is 39.1 Å². The van der Waals surface area contributed by atoms with Crippen molar-refractivity contribution in [3.63, 3.8) is 0 Å². The van der Waals surface area contributed by atoms with E-state index in [1.54, 1.807) is 27.6 Å². The molecule has 5 heterocycles.